The largest absolute Gasteiger partial charge is 0.462 e. The third-order valence-electron chi connectivity index (χ3n) is 14.6. The van der Waals surface area contributed by atoms with Crippen LogP contribution in [-0.2, 0) is 28.6 Å². The zero-order valence-corrected chi connectivity index (χ0v) is 49.2. The number of carbonyl (C=O) groups is 3. The smallest absolute Gasteiger partial charge is 0.306 e. The first-order valence-corrected chi connectivity index (χ1v) is 32.5. The van der Waals surface area contributed by atoms with Crippen molar-refractivity contribution in [2.24, 2.45) is 0 Å². The molecule has 0 aliphatic carbocycles. The van der Waals surface area contributed by atoms with Crippen molar-refractivity contribution < 1.29 is 28.6 Å². The van der Waals surface area contributed by atoms with Crippen LogP contribution in [0.25, 0.3) is 0 Å². The summed E-state index contributed by atoms with van der Waals surface area (Å²) >= 11 is 0. The van der Waals surface area contributed by atoms with Gasteiger partial charge in [0.2, 0.25) is 0 Å². The van der Waals surface area contributed by atoms with E-state index in [1.165, 1.54) is 238 Å². The molecule has 0 heterocycles. The van der Waals surface area contributed by atoms with Gasteiger partial charge in [0, 0.05) is 19.3 Å². The van der Waals surface area contributed by atoms with Crippen molar-refractivity contribution in [3.63, 3.8) is 0 Å². The third kappa shape index (κ3) is 60.4. The average Bonchev–Trinajstić information content (AvgIpc) is 3.39. The van der Waals surface area contributed by atoms with Crippen LogP contribution in [0.1, 0.15) is 355 Å². The Labute approximate surface area is 455 Å². The summed E-state index contributed by atoms with van der Waals surface area (Å²) in [5, 5.41) is 0. The predicted octanol–water partition coefficient (Wildman–Crippen LogP) is 22.0. The molecule has 0 amide bonds. The lowest BCUT2D eigenvalue weighted by Crippen LogP contribution is -2.30. The Balaban J connectivity index is 4.32. The zero-order valence-electron chi connectivity index (χ0n) is 49.2. The van der Waals surface area contributed by atoms with Gasteiger partial charge in [-0.15, -0.1) is 0 Å². The Morgan fingerprint density at radius 2 is 0.493 bits per heavy atom. The second-order valence-electron chi connectivity index (χ2n) is 22.0. The molecule has 0 aliphatic rings. The van der Waals surface area contributed by atoms with Gasteiger partial charge in [-0.2, -0.15) is 0 Å². The number of unbranched alkanes of at least 4 members (excludes halogenated alkanes) is 43. The van der Waals surface area contributed by atoms with E-state index < -0.39 is 6.10 Å². The first-order valence-electron chi connectivity index (χ1n) is 32.5. The fourth-order valence-electron chi connectivity index (χ4n) is 9.71. The van der Waals surface area contributed by atoms with Crippen LogP contribution in [0, 0.1) is 0 Å². The van der Waals surface area contributed by atoms with E-state index in [2.05, 4.69) is 57.2 Å². The van der Waals surface area contributed by atoms with Gasteiger partial charge >= 0.3 is 17.9 Å². The van der Waals surface area contributed by atoms with E-state index in [4.69, 9.17) is 14.2 Å². The van der Waals surface area contributed by atoms with E-state index in [0.29, 0.717) is 19.3 Å². The minimum atomic E-state index is -0.776. The molecule has 1 atom stereocenters. The predicted molar refractivity (Wildman–Crippen MR) is 316 cm³/mol. The topological polar surface area (TPSA) is 78.9 Å². The van der Waals surface area contributed by atoms with E-state index in [0.717, 1.165) is 77.0 Å². The standard InChI is InChI=1S/C67H124O6/c1-4-7-10-13-16-19-22-25-28-30-32-33-35-37-40-43-46-49-52-55-58-61-67(70)73-64(62-71-65(68)59-56-53-50-47-44-41-38-27-24-21-18-15-12-9-6-3)63-72-66(69)60-57-54-51-48-45-42-39-36-34-31-29-26-23-20-17-14-11-8-5-2/h18,21,25,27-28,38,64H,4-17,19-20,22-24,26,29-37,39-63H2,1-3H3/b21-18-,28-25-,38-27-/t64-/m1/s1. The van der Waals surface area contributed by atoms with Crippen LogP contribution in [0.4, 0.5) is 0 Å². The molecule has 0 aromatic rings. The van der Waals surface area contributed by atoms with Crippen molar-refractivity contribution in [1.29, 1.82) is 0 Å². The Kier molecular flexibility index (Phi) is 60.2. The van der Waals surface area contributed by atoms with Crippen molar-refractivity contribution in [2.45, 2.75) is 361 Å². The highest BCUT2D eigenvalue weighted by Gasteiger charge is 2.19. The van der Waals surface area contributed by atoms with E-state index in [9.17, 15) is 14.4 Å². The summed E-state index contributed by atoms with van der Waals surface area (Å²) in [6.07, 6.45) is 75.8. The van der Waals surface area contributed by atoms with Gasteiger partial charge < -0.3 is 14.2 Å². The molecule has 6 nitrogen and oxygen atoms in total. The molecule has 0 saturated carbocycles. The van der Waals surface area contributed by atoms with E-state index in [1.807, 2.05) is 0 Å². The summed E-state index contributed by atoms with van der Waals surface area (Å²) < 4.78 is 16.9. The van der Waals surface area contributed by atoms with Gasteiger partial charge in [-0.25, -0.2) is 0 Å². The maximum absolute atomic E-state index is 12.9. The van der Waals surface area contributed by atoms with Gasteiger partial charge in [0.25, 0.3) is 0 Å². The number of carbonyl (C=O) groups excluding carboxylic acids is 3. The molecule has 0 aromatic heterocycles. The maximum atomic E-state index is 12.9. The van der Waals surface area contributed by atoms with Crippen molar-refractivity contribution in [1.82, 2.24) is 0 Å². The maximum Gasteiger partial charge on any atom is 0.306 e. The van der Waals surface area contributed by atoms with Crippen molar-refractivity contribution in [2.75, 3.05) is 13.2 Å². The molecular weight excluding hydrogens is 901 g/mol. The summed E-state index contributed by atoms with van der Waals surface area (Å²) in [5.41, 5.74) is 0. The van der Waals surface area contributed by atoms with Crippen molar-refractivity contribution in [3.8, 4) is 0 Å². The summed E-state index contributed by atoms with van der Waals surface area (Å²) in [5.74, 6) is -0.863. The summed E-state index contributed by atoms with van der Waals surface area (Å²) in [6.45, 7) is 6.66. The first kappa shape index (κ1) is 70.6. The molecule has 0 spiro atoms. The average molecular weight is 1030 g/mol. The highest BCUT2D eigenvalue weighted by atomic mass is 16.6. The quantitative estimate of drug-likeness (QED) is 0.0261. The molecule has 6 heteroatoms. The lowest BCUT2D eigenvalue weighted by atomic mass is 10.0. The lowest BCUT2D eigenvalue weighted by Gasteiger charge is -2.18. The Morgan fingerprint density at radius 1 is 0.274 bits per heavy atom. The molecule has 0 unspecified atom stereocenters. The van der Waals surface area contributed by atoms with E-state index in [-0.39, 0.29) is 31.1 Å². The van der Waals surface area contributed by atoms with Crippen LogP contribution >= 0.6 is 0 Å². The van der Waals surface area contributed by atoms with Crippen LogP contribution in [0.5, 0.6) is 0 Å². The molecular formula is C67H124O6. The Morgan fingerprint density at radius 3 is 0.795 bits per heavy atom. The normalized spacial score (nSPS) is 12.2. The molecule has 0 N–H and O–H groups in total. The lowest BCUT2D eigenvalue weighted by molar-refractivity contribution is -0.167. The third-order valence-corrected chi connectivity index (χ3v) is 14.6. The fourth-order valence-corrected chi connectivity index (χ4v) is 9.71. The van der Waals surface area contributed by atoms with E-state index >= 15 is 0 Å². The van der Waals surface area contributed by atoms with E-state index in [1.54, 1.807) is 0 Å². The first-order chi connectivity index (χ1) is 36.0. The number of rotatable bonds is 60. The van der Waals surface area contributed by atoms with Gasteiger partial charge in [0.05, 0.1) is 0 Å². The van der Waals surface area contributed by atoms with Crippen LogP contribution in [0.3, 0.4) is 0 Å². The minimum absolute atomic E-state index is 0.0724. The monoisotopic (exact) mass is 1020 g/mol. The molecule has 0 fully saturated rings. The zero-order chi connectivity index (χ0) is 52.9. The molecule has 0 radical (unpaired) electrons. The van der Waals surface area contributed by atoms with Gasteiger partial charge in [0.15, 0.2) is 6.10 Å². The molecule has 0 saturated heterocycles. The molecule has 0 bridgehead atoms. The molecule has 73 heavy (non-hydrogen) atoms. The second kappa shape index (κ2) is 62.2. The van der Waals surface area contributed by atoms with Gasteiger partial charge in [-0.05, 0) is 77.0 Å². The Hall–Kier alpha value is -2.37. The van der Waals surface area contributed by atoms with Crippen LogP contribution in [0.2, 0.25) is 0 Å². The summed E-state index contributed by atoms with van der Waals surface area (Å²) in [7, 11) is 0. The van der Waals surface area contributed by atoms with Crippen LogP contribution in [0.15, 0.2) is 36.5 Å². The SMILES string of the molecule is CCCCC/C=C\C/C=C\CCCCCCCC(=O)OC[C@H](COC(=O)CCCCCCCCCCCCCCCCCCCCC)OC(=O)CCCCCCCCCCCCC/C=C\CCCCCCCC. The number of hydrogen-bond donors (Lipinski definition) is 0. The van der Waals surface area contributed by atoms with Crippen LogP contribution in [-0.4, -0.2) is 37.2 Å². The molecule has 0 aliphatic heterocycles. The summed E-state index contributed by atoms with van der Waals surface area (Å²) in [6, 6.07) is 0. The number of ether oxygens (including phenoxy) is 3. The second-order valence-corrected chi connectivity index (χ2v) is 22.0. The van der Waals surface area contributed by atoms with Crippen LogP contribution < -0.4 is 0 Å². The highest BCUT2D eigenvalue weighted by molar-refractivity contribution is 5.71. The van der Waals surface area contributed by atoms with Gasteiger partial charge in [-0.1, -0.05) is 295 Å². The van der Waals surface area contributed by atoms with Gasteiger partial charge in [0.1, 0.15) is 13.2 Å². The summed E-state index contributed by atoms with van der Waals surface area (Å²) in [4.78, 5) is 38.3. The number of esters is 3. The van der Waals surface area contributed by atoms with Gasteiger partial charge in [-0.3, -0.25) is 14.4 Å². The highest BCUT2D eigenvalue weighted by Crippen LogP contribution is 2.18. The van der Waals surface area contributed by atoms with Crippen molar-refractivity contribution in [3.05, 3.63) is 36.5 Å². The van der Waals surface area contributed by atoms with Crippen molar-refractivity contribution >= 4 is 17.9 Å². The Bertz CT molecular complexity index is 1220. The molecule has 428 valence electrons. The molecule has 0 aromatic carbocycles. The fraction of sp³-hybridized carbons (Fsp3) is 0.866. The number of allylic oxidation sites excluding steroid dienone is 6. The minimum Gasteiger partial charge on any atom is -0.462 e. The molecule has 0 rings (SSSR count). The number of hydrogen-bond acceptors (Lipinski definition) is 6.